The van der Waals surface area contributed by atoms with E-state index in [1.165, 1.54) is 16.9 Å². The third-order valence-electron chi connectivity index (χ3n) is 9.18. The molecule has 0 bridgehead atoms. The maximum absolute atomic E-state index is 13.2. The predicted octanol–water partition coefficient (Wildman–Crippen LogP) is 10.8. The fraction of sp³-hybridized carbons (Fsp3) is 0.333. The minimum absolute atomic E-state index is 0.0732. The van der Waals surface area contributed by atoms with Gasteiger partial charge in [0.1, 0.15) is 17.2 Å². The molecule has 0 aliphatic carbocycles. The summed E-state index contributed by atoms with van der Waals surface area (Å²) >= 11 is 8.43. The lowest BCUT2D eigenvalue weighted by Crippen LogP contribution is -2.27. The summed E-state index contributed by atoms with van der Waals surface area (Å²) in [5, 5.41) is 19.5. The first kappa shape index (κ1) is 42.8. The Balaban J connectivity index is 1.11. The van der Waals surface area contributed by atoms with Gasteiger partial charge in [-0.1, -0.05) is 96.8 Å². The Morgan fingerprint density at radius 1 is 0.776 bits per heavy atom. The first-order valence-corrected chi connectivity index (χ1v) is 21.4. The number of anilines is 2. The monoisotopic (exact) mass is 863 g/mol. The molecule has 0 fully saturated rings. The summed E-state index contributed by atoms with van der Waals surface area (Å²) in [5.74, 6) is 1.47. The third-order valence-corrected chi connectivity index (χ3v) is 11.2. The minimum Gasteiger partial charge on any atom is -0.505 e. The number of aromatic hydroxyl groups is 1. The molecule has 0 saturated heterocycles. The van der Waals surface area contributed by atoms with E-state index in [9.17, 15) is 13.5 Å². The molecule has 0 saturated carbocycles. The van der Waals surface area contributed by atoms with E-state index in [2.05, 4.69) is 55.2 Å². The summed E-state index contributed by atoms with van der Waals surface area (Å²) in [6.07, 6.45) is 0.964. The number of phenols is 1. The molecule has 0 radical (unpaired) electrons. The number of halogens is 2. The number of nitrogens with zero attached hydrogens (tertiary/aromatic N) is 5. The zero-order valence-electron chi connectivity index (χ0n) is 34.0. The smallest absolute Gasteiger partial charge is 0.316 e. The van der Waals surface area contributed by atoms with Gasteiger partial charge in [0.2, 0.25) is 5.82 Å². The molecule has 1 aliphatic rings. The van der Waals surface area contributed by atoms with Crippen LogP contribution in [0.2, 0.25) is 10.0 Å². The van der Waals surface area contributed by atoms with Crippen LogP contribution >= 0.6 is 23.2 Å². The highest BCUT2D eigenvalue weighted by Gasteiger charge is 2.35. The Morgan fingerprint density at radius 2 is 1.33 bits per heavy atom. The highest BCUT2D eigenvalue weighted by molar-refractivity contribution is 7.82. The molecule has 4 aromatic carbocycles. The fourth-order valence-electron chi connectivity index (χ4n) is 6.62. The van der Waals surface area contributed by atoms with Crippen molar-refractivity contribution in [2.45, 2.75) is 81.1 Å². The molecule has 3 N–H and O–H groups in total. The third kappa shape index (κ3) is 10.1. The van der Waals surface area contributed by atoms with Crippen LogP contribution < -0.4 is 17.8 Å². The van der Waals surface area contributed by atoms with Gasteiger partial charge in [-0.25, -0.2) is 9.98 Å². The van der Waals surface area contributed by atoms with Crippen LogP contribution in [0.15, 0.2) is 82.9 Å². The topological polar surface area (TPSA) is 152 Å². The molecule has 16 heteroatoms. The van der Waals surface area contributed by atoms with Gasteiger partial charge in [0.25, 0.3) is 0 Å². The molecule has 0 amide bonds. The van der Waals surface area contributed by atoms with Gasteiger partial charge < -0.3 is 13.5 Å². The van der Waals surface area contributed by atoms with Crippen LogP contribution in [-0.2, 0) is 27.9 Å². The van der Waals surface area contributed by atoms with E-state index in [1.54, 1.807) is 42.5 Å². The second kappa shape index (κ2) is 16.5. The van der Waals surface area contributed by atoms with Gasteiger partial charge in [0, 0.05) is 22.7 Å². The number of hydrogen-bond donors (Lipinski definition) is 3. The van der Waals surface area contributed by atoms with Crippen molar-refractivity contribution in [2.75, 3.05) is 9.44 Å². The van der Waals surface area contributed by atoms with E-state index in [0.717, 1.165) is 23.1 Å². The van der Waals surface area contributed by atoms with Crippen molar-refractivity contribution in [1.82, 2.24) is 14.9 Å². The molecular formula is C42H47Cl2N7O5S2. The summed E-state index contributed by atoms with van der Waals surface area (Å²) in [6, 6.07) is 21.2. The molecular weight excluding hydrogens is 818 g/mol. The zero-order valence-corrected chi connectivity index (χ0v) is 37.2. The van der Waals surface area contributed by atoms with Gasteiger partial charge in [-0.15, -0.1) is 9.89 Å². The molecule has 2 heterocycles. The summed E-state index contributed by atoms with van der Waals surface area (Å²) in [5.41, 5.74) is 5.58. The standard InChI is InChI=1S/C42H47Cl2N7O5S2/c1-24-11-15-27(42(9,10)23-40(3,4)5)19-33(24)55-58(54)50-29-16-12-25(2)34(22-29)56-57(53)49-28-17-13-26(14-18-28)38-46-39-35(37(41(6,7)8)47-51(39)48-38)45-30-20-31(43)36(52)32(44)21-30/h11-22,49-50,52H,23H2,1-10H3. The Labute approximate surface area is 354 Å². The molecule has 306 valence electrons. The Bertz CT molecular complexity index is 2460. The average molecular weight is 865 g/mol. The molecule has 2 atom stereocenters. The van der Waals surface area contributed by atoms with Crippen LogP contribution in [0.1, 0.15) is 84.3 Å². The lowest BCUT2D eigenvalue weighted by atomic mass is 9.72. The highest BCUT2D eigenvalue weighted by Crippen LogP contribution is 2.39. The highest BCUT2D eigenvalue weighted by atomic mass is 35.5. The van der Waals surface area contributed by atoms with Gasteiger partial charge in [0.05, 0.1) is 27.1 Å². The summed E-state index contributed by atoms with van der Waals surface area (Å²) < 4.78 is 43.7. The van der Waals surface area contributed by atoms with Crippen LogP contribution in [0.3, 0.4) is 0 Å². The summed E-state index contributed by atoms with van der Waals surface area (Å²) in [7, 11) is 0. The Morgan fingerprint density at radius 3 is 1.91 bits per heavy atom. The quantitative estimate of drug-likeness (QED) is 0.113. The molecule has 58 heavy (non-hydrogen) atoms. The van der Waals surface area contributed by atoms with Crippen molar-refractivity contribution in [3.8, 4) is 28.6 Å². The van der Waals surface area contributed by atoms with E-state index in [1.807, 2.05) is 46.8 Å². The first-order valence-electron chi connectivity index (χ1n) is 18.5. The molecule has 5 aromatic rings. The van der Waals surface area contributed by atoms with Crippen LogP contribution in [0.25, 0.3) is 11.4 Å². The number of aromatic nitrogens is 3. The number of phenolic OH excluding ortho intramolecular Hbond substituents is 1. The summed E-state index contributed by atoms with van der Waals surface area (Å²) in [4.78, 5) is 11.0. The van der Waals surface area contributed by atoms with Crippen molar-refractivity contribution in [2.24, 2.45) is 20.9 Å². The number of benzene rings is 4. The number of nitrogens with one attached hydrogen (secondary N) is 2. The molecule has 2 unspecified atom stereocenters. The molecule has 1 aromatic heterocycles. The molecule has 0 spiro atoms. The molecule has 6 rings (SSSR count). The van der Waals surface area contributed by atoms with E-state index >= 15 is 0 Å². The number of rotatable bonds is 12. The van der Waals surface area contributed by atoms with Crippen molar-refractivity contribution < 1.29 is 21.9 Å². The predicted molar refractivity (Wildman–Crippen MR) is 236 cm³/mol. The second-order valence-electron chi connectivity index (χ2n) is 17.1. The number of fused-ring (bicyclic) bond motifs is 1. The Kier molecular flexibility index (Phi) is 12.2. The van der Waals surface area contributed by atoms with E-state index in [4.69, 9.17) is 46.6 Å². The number of aliphatic imine (C=N–C) groups is 1. The lowest BCUT2D eigenvalue weighted by Gasteiger charge is -2.33. The van der Waals surface area contributed by atoms with E-state index in [0.29, 0.717) is 57.2 Å². The molecule has 12 nitrogen and oxygen atoms in total. The Hall–Kier alpha value is -4.76. The fourth-order valence-corrected chi connectivity index (χ4v) is 8.51. The van der Waals surface area contributed by atoms with Crippen LogP contribution in [0.4, 0.5) is 17.1 Å². The van der Waals surface area contributed by atoms with Gasteiger partial charge in [-0.2, -0.15) is 13.5 Å². The van der Waals surface area contributed by atoms with Crippen molar-refractivity contribution >= 4 is 74.2 Å². The number of hydrogen-bond acceptors (Lipinski definition) is 9. The largest absolute Gasteiger partial charge is 0.505 e. The van der Waals surface area contributed by atoms with Crippen LogP contribution in [0.5, 0.6) is 17.2 Å². The van der Waals surface area contributed by atoms with Gasteiger partial charge in [0.15, 0.2) is 11.6 Å². The van der Waals surface area contributed by atoms with Crippen molar-refractivity contribution in [3.63, 3.8) is 0 Å². The minimum atomic E-state index is -1.98. The maximum atomic E-state index is 13.2. The van der Waals surface area contributed by atoms with Crippen molar-refractivity contribution in [3.05, 3.63) is 105 Å². The normalized spacial score (nSPS) is 14.8. The molecule has 1 aliphatic heterocycles. The average Bonchev–Trinajstić information content (AvgIpc) is 3.68. The van der Waals surface area contributed by atoms with Crippen molar-refractivity contribution in [1.29, 1.82) is 0 Å². The van der Waals surface area contributed by atoms with Gasteiger partial charge in [-0.3, -0.25) is 9.44 Å². The first-order chi connectivity index (χ1) is 27.1. The van der Waals surface area contributed by atoms with Gasteiger partial charge in [-0.05, 0) is 96.3 Å². The summed E-state index contributed by atoms with van der Waals surface area (Å²) in [6.45, 7) is 20.8. The van der Waals surface area contributed by atoms with Crippen LogP contribution in [0, 0.1) is 24.7 Å². The second-order valence-corrected chi connectivity index (χ2v) is 19.6. The van der Waals surface area contributed by atoms with Gasteiger partial charge >= 0.3 is 22.5 Å². The zero-order chi connectivity index (χ0) is 42.3. The van der Waals surface area contributed by atoms with Crippen LogP contribution in [-0.4, -0.2) is 39.8 Å². The lowest BCUT2D eigenvalue weighted by molar-refractivity contribution is 0.284. The SMILES string of the molecule is Cc1ccc(NS(=O)Oc2cc(C(C)(C)CC(C)(C)C)ccc2C)cc1OS(=O)Nc1ccc(-c2nc3n(n2)N=C(C(C)(C)C)C3=Nc2cc(Cl)c(O)c(Cl)c2)cc1. The number of aryl methyl sites for hydroxylation is 2. The van der Waals surface area contributed by atoms with E-state index in [-0.39, 0.29) is 26.6 Å². The maximum Gasteiger partial charge on any atom is 0.316 e. The van der Waals surface area contributed by atoms with E-state index < -0.39 is 27.9 Å².